The summed E-state index contributed by atoms with van der Waals surface area (Å²) in [5.41, 5.74) is 1.22. The summed E-state index contributed by atoms with van der Waals surface area (Å²) in [6, 6.07) is 3.02. The molecule has 4 rings (SSSR count). The Morgan fingerprint density at radius 2 is 2.04 bits per heavy atom. The van der Waals surface area contributed by atoms with Crippen LogP contribution in [0.25, 0.3) is 11.0 Å². The van der Waals surface area contributed by atoms with E-state index in [-0.39, 0.29) is 23.4 Å². The van der Waals surface area contributed by atoms with E-state index in [0.717, 1.165) is 25.8 Å². The summed E-state index contributed by atoms with van der Waals surface area (Å²) in [7, 11) is 0. The van der Waals surface area contributed by atoms with Gasteiger partial charge in [0, 0.05) is 38.2 Å². The van der Waals surface area contributed by atoms with Crippen LogP contribution in [-0.2, 0) is 4.79 Å². The topological polar surface area (TPSA) is 69.3 Å². The number of nitrogens with zero attached hydrogens (tertiary/aromatic N) is 3. The average molecular weight is 330 g/mol. The van der Waals surface area contributed by atoms with E-state index in [2.05, 4.69) is 9.97 Å². The van der Waals surface area contributed by atoms with E-state index in [1.165, 1.54) is 18.5 Å². The largest absolute Gasteiger partial charge is 0.345 e. The van der Waals surface area contributed by atoms with E-state index < -0.39 is 5.82 Å². The highest BCUT2D eigenvalue weighted by Gasteiger charge is 2.32. The number of carbonyl (C=O) groups excluding carboxylic acids is 2. The number of hydrogen-bond donors (Lipinski definition) is 1. The normalized spacial score (nSPS) is 19.5. The summed E-state index contributed by atoms with van der Waals surface area (Å²) in [5, 5.41) is 0. The van der Waals surface area contributed by atoms with Crippen LogP contribution in [0.4, 0.5) is 4.39 Å². The lowest BCUT2D eigenvalue weighted by molar-refractivity contribution is -0.130. The standard InChI is InChI=1S/C17H19FN4O2/c18-13-9-15-14(19-10-20-15)8-12(13)17(24)21-6-3-11(4-7-21)22-5-1-2-16(22)23/h8-11H,1-7H2,(H,19,20). The number of benzene rings is 1. The van der Waals surface area contributed by atoms with Crippen molar-refractivity contribution >= 4 is 22.8 Å². The van der Waals surface area contributed by atoms with E-state index in [9.17, 15) is 14.0 Å². The molecule has 1 aromatic heterocycles. The number of aromatic nitrogens is 2. The summed E-state index contributed by atoms with van der Waals surface area (Å²) < 4.78 is 14.2. The minimum atomic E-state index is -0.534. The molecular weight excluding hydrogens is 311 g/mol. The third kappa shape index (κ3) is 2.53. The van der Waals surface area contributed by atoms with Crippen LogP contribution in [0, 0.1) is 5.82 Å². The number of nitrogens with one attached hydrogen (secondary N) is 1. The highest BCUT2D eigenvalue weighted by atomic mass is 19.1. The maximum absolute atomic E-state index is 14.2. The molecule has 2 fully saturated rings. The van der Waals surface area contributed by atoms with E-state index >= 15 is 0 Å². The van der Waals surface area contributed by atoms with Crippen molar-refractivity contribution in [3.8, 4) is 0 Å². The number of imidazole rings is 1. The monoisotopic (exact) mass is 330 g/mol. The smallest absolute Gasteiger partial charge is 0.256 e. The Labute approximate surface area is 138 Å². The highest BCUT2D eigenvalue weighted by molar-refractivity contribution is 5.97. The van der Waals surface area contributed by atoms with E-state index in [4.69, 9.17) is 0 Å². The van der Waals surface area contributed by atoms with Crippen molar-refractivity contribution in [2.45, 2.75) is 31.7 Å². The molecule has 3 heterocycles. The number of halogens is 1. The Morgan fingerprint density at radius 1 is 1.25 bits per heavy atom. The van der Waals surface area contributed by atoms with Crippen molar-refractivity contribution in [3.05, 3.63) is 29.8 Å². The van der Waals surface area contributed by atoms with Crippen LogP contribution in [-0.4, -0.2) is 57.3 Å². The number of aromatic amines is 1. The minimum Gasteiger partial charge on any atom is -0.345 e. The number of rotatable bonds is 2. The number of amides is 2. The molecule has 2 saturated heterocycles. The Bertz CT molecular complexity index is 795. The van der Waals surface area contributed by atoms with Crippen LogP contribution in [0.1, 0.15) is 36.0 Å². The zero-order valence-corrected chi connectivity index (χ0v) is 13.3. The first kappa shape index (κ1) is 15.1. The molecule has 0 saturated carbocycles. The summed E-state index contributed by atoms with van der Waals surface area (Å²) >= 11 is 0. The zero-order valence-electron chi connectivity index (χ0n) is 13.3. The second kappa shape index (κ2) is 5.89. The summed E-state index contributed by atoms with van der Waals surface area (Å²) in [6.07, 6.45) is 4.55. The fourth-order valence-corrected chi connectivity index (χ4v) is 3.73. The molecule has 2 aliphatic heterocycles. The van der Waals surface area contributed by atoms with E-state index in [0.29, 0.717) is 30.5 Å². The van der Waals surface area contributed by atoms with Crippen LogP contribution in [0.3, 0.4) is 0 Å². The second-order valence-corrected chi connectivity index (χ2v) is 6.47. The van der Waals surface area contributed by atoms with Crippen LogP contribution >= 0.6 is 0 Å². The van der Waals surface area contributed by atoms with Gasteiger partial charge in [0.1, 0.15) is 5.82 Å². The summed E-state index contributed by atoms with van der Waals surface area (Å²) in [6.45, 7) is 1.92. The molecule has 1 aromatic carbocycles. The molecule has 24 heavy (non-hydrogen) atoms. The first-order chi connectivity index (χ1) is 11.6. The van der Waals surface area contributed by atoms with Gasteiger partial charge in [0.2, 0.25) is 5.91 Å². The van der Waals surface area contributed by atoms with Gasteiger partial charge in [0.05, 0.1) is 22.9 Å². The van der Waals surface area contributed by atoms with E-state index in [1.807, 2.05) is 4.90 Å². The van der Waals surface area contributed by atoms with Gasteiger partial charge in [-0.3, -0.25) is 9.59 Å². The van der Waals surface area contributed by atoms with Gasteiger partial charge in [0.25, 0.3) is 5.91 Å². The molecule has 126 valence electrons. The maximum atomic E-state index is 14.2. The number of piperidine rings is 1. The van der Waals surface area contributed by atoms with Crippen LogP contribution in [0.5, 0.6) is 0 Å². The number of H-pyrrole nitrogens is 1. The van der Waals surface area contributed by atoms with Gasteiger partial charge in [-0.2, -0.15) is 0 Å². The Hall–Kier alpha value is -2.44. The van der Waals surface area contributed by atoms with Gasteiger partial charge in [-0.25, -0.2) is 9.37 Å². The number of carbonyl (C=O) groups is 2. The minimum absolute atomic E-state index is 0.0605. The Balaban J connectivity index is 1.47. The maximum Gasteiger partial charge on any atom is 0.256 e. The van der Waals surface area contributed by atoms with Crippen molar-refractivity contribution < 1.29 is 14.0 Å². The molecule has 2 amide bonds. The Morgan fingerprint density at radius 3 is 2.75 bits per heavy atom. The fraction of sp³-hybridized carbons (Fsp3) is 0.471. The summed E-state index contributed by atoms with van der Waals surface area (Å²) in [5.74, 6) is -0.619. The Kier molecular flexibility index (Phi) is 3.70. The number of fused-ring (bicyclic) bond motifs is 1. The van der Waals surface area contributed by atoms with Crippen LogP contribution < -0.4 is 0 Å². The van der Waals surface area contributed by atoms with Crippen LogP contribution in [0.2, 0.25) is 0 Å². The lowest BCUT2D eigenvalue weighted by atomic mass is 10.0. The zero-order chi connectivity index (χ0) is 16.7. The first-order valence-corrected chi connectivity index (χ1v) is 8.35. The molecule has 2 aromatic rings. The van der Waals surface area contributed by atoms with Gasteiger partial charge in [-0.05, 0) is 25.3 Å². The molecule has 0 atom stereocenters. The van der Waals surface area contributed by atoms with E-state index in [1.54, 1.807) is 4.90 Å². The molecule has 0 aliphatic carbocycles. The fourth-order valence-electron chi connectivity index (χ4n) is 3.73. The third-order valence-corrected chi connectivity index (χ3v) is 5.04. The molecule has 1 N–H and O–H groups in total. The lowest BCUT2D eigenvalue weighted by Crippen LogP contribution is -2.47. The molecule has 0 bridgehead atoms. The predicted molar refractivity (Wildman–Crippen MR) is 85.9 cm³/mol. The molecular formula is C17H19FN4O2. The second-order valence-electron chi connectivity index (χ2n) is 6.47. The van der Waals surface area contributed by atoms with Gasteiger partial charge in [-0.15, -0.1) is 0 Å². The molecule has 0 spiro atoms. The van der Waals surface area contributed by atoms with Crippen LogP contribution in [0.15, 0.2) is 18.5 Å². The van der Waals surface area contributed by atoms with Crippen molar-refractivity contribution in [2.24, 2.45) is 0 Å². The van der Waals surface area contributed by atoms with Gasteiger partial charge in [-0.1, -0.05) is 0 Å². The molecule has 7 heteroatoms. The SMILES string of the molecule is O=C(c1cc2nc[nH]c2cc1F)N1CCC(N2CCCC2=O)CC1. The number of likely N-dealkylation sites (tertiary alicyclic amines) is 2. The molecule has 0 unspecified atom stereocenters. The third-order valence-electron chi connectivity index (χ3n) is 5.04. The molecule has 0 radical (unpaired) electrons. The first-order valence-electron chi connectivity index (χ1n) is 8.35. The average Bonchev–Trinajstić information content (AvgIpc) is 3.22. The van der Waals surface area contributed by atoms with Gasteiger partial charge >= 0.3 is 0 Å². The van der Waals surface area contributed by atoms with Gasteiger partial charge < -0.3 is 14.8 Å². The quantitative estimate of drug-likeness (QED) is 0.915. The van der Waals surface area contributed by atoms with Crippen molar-refractivity contribution in [1.82, 2.24) is 19.8 Å². The highest BCUT2D eigenvalue weighted by Crippen LogP contribution is 2.24. The summed E-state index contributed by atoms with van der Waals surface area (Å²) in [4.78, 5) is 35.0. The predicted octanol–water partition coefficient (Wildman–Crippen LogP) is 1.93. The molecule has 6 nitrogen and oxygen atoms in total. The molecule has 2 aliphatic rings. The van der Waals surface area contributed by atoms with Crippen molar-refractivity contribution in [2.75, 3.05) is 19.6 Å². The van der Waals surface area contributed by atoms with Crippen molar-refractivity contribution in [3.63, 3.8) is 0 Å². The van der Waals surface area contributed by atoms with Gasteiger partial charge in [0.15, 0.2) is 0 Å². The number of hydrogen-bond acceptors (Lipinski definition) is 3. The lowest BCUT2D eigenvalue weighted by Gasteiger charge is -2.36. The van der Waals surface area contributed by atoms with Crippen molar-refractivity contribution in [1.29, 1.82) is 0 Å².